The number of aliphatic carboxylic acids is 2. The lowest BCUT2D eigenvalue weighted by Crippen LogP contribution is -2.49. The van der Waals surface area contributed by atoms with Crippen LogP contribution in [0.15, 0.2) is 0 Å². The Bertz CT molecular complexity index is 1480. The highest BCUT2D eigenvalue weighted by molar-refractivity contribution is 5.84. The van der Waals surface area contributed by atoms with Crippen LogP contribution in [0.2, 0.25) is 0 Å². The van der Waals surface area contributed by atoms with Gasteiger partial charge in [0.15, 0.2) is 0 Å². The number of carboxylic acids is 2. The zero-order chi connectivity index (χ0) is 47.7. The van der Waals surface area contributed by atoms with Gasteiger partial charge in [-0.05, 0) is 56.9 Å². The van der Waals surface area contributed by atoms with Crippen molar-refractivity contribution in [3.8, 4) is 0 Å². The minimum absolute atomic E-state index is 0.0138. The highest BCUT2D eigenvalue weighted by Gasteiger charge is 2.28. The second-order valence-corrected chi connectivity index (χ2v) is 17.1. The number of carbonyl (C=O) groups excluding carboxylic acids is 7. The molecule has 0 heterocycles. The maximum absolute atomic E-state index is 13.4. The van der Waals surface area contributed by atoms with E-state index in [0.29, 0.717) is 12.8 Å². The number of aliphatic hydroxyl groups is 1. The van der Waals surface area contributed by atoms with Gasteiger partial charge in [0.05, 0.1) is 12.1 Å². The van der Waals surface area contributed by atoms with E-state index in [1.807, 2.05) is 27.7 Å². The highest BCUT2D eigenvalue weighted by atomic mass is 16.4. The number of nitrogens with two attached hydrogens (primary N) is 3. The molecule has 0 saturated carbocycles. The molecule has 15 N–H and O–H groups in total. The van der Waals surface area contributed by atoms with Gasteiger partial charge in [-0.15, -0.1) is 0 Å². The summed E-state index contributed by atoms with van der Waals surface area (Å²) in [7, 11) is 0. The third kappa shape index (κ3) is 27.1. The van der Waals surface area contributed by atoms with Crippen molar-refractivity contribution in [3.05, 3.63) is 0 Å². The number of aliphatic hydroxyl groups excluding tert-OH is 1. The first-order valence-corrected chi connectivity index (χ1v) is 21.4. The van der Waals surface area contributed by atoms with Crippen molar-refractivity contribution in [1.29, 1.82) is 0 Å². The minimum Gasteiger partial charge on any atom is -0.481 e. The lowest BCUT2D eigenvalue weighted by molar-refractivity contribution is -0.138. The maximum Gasteiger partial charge on any atom is 0.303 e. The van der Waals surface area contributed by atoms with E-state index in [2.05, 4.69) is 31.9 Å². The summed E-state index contributed by atoms with van der Waals surface area (Å²) in [5.74, 6) is -6.62. The molecule has 0 aliphatic carbocycles. The van der Waals surface area contributed by atoms with Crippen molar-refractivity contribution in [3.63, 3.8) is 0 Å². The third-order valence-corrected chi connectivity index (χ3v) is 10.3. The van der Waals surface area contributed by atoms with Gasteiger partial charge in [-0.1, -0.05) is 41.5 Å². The van der Waals surface area contributed by atoms with Crippen LogP contribution in [-0.2, 0) is 43.2 Å². The largest absolute Gasteiger partial charge is 0.481 e. The Kier molecular flexibility index (Phi) is 27.8. The predicted octanol–water partition coefficient (Wildman–Crippen LogP) is -0.744. The van der Waals surface area contributed by atoms with Crippen LogP contribution in [0.5, 0.6) is 0 Å². The van der Waals surface area contributed by atoms with Crippen molar-refractivity contribution in [2.75, 3.05) is 6.54 Å². The van der Waals surface area contributed by atoms with Gasteiger partial charge in [0.25, 0.3) is 0 Å². The quantitative estimate of drug-likeness (QED) is 0.0386. The smallest absolute Gasteiger partial charge is 0.303 e. The SMILES string of the molecule is CC(C)[C@H](N)CC(=O)N[C@H](CC(=O)N[C@@H](CCC(=O)O)CC(=O)N[C@H](CC(=O)N[C@@H](CCC(=O)O)CC(=O)N[C@@H](CCCN)CC(=O)N[C@H](CC(N)=O)C(C)C)C(C)C)C(C)O. The Balaban J connectivity index is 5.78. The molecule has 0 aromatic carbocycles. The van der Waals surface area contributed by atoms with E-state index < -0.39 is 102 Å². The average Bonchev–Trinajstić information content (AvgIpc) is 3.13. The lowest BCUT2D eigenvalue weighted by atomic mass is 9.98. The van der Waals surface area contributed by atoms with Gasteiger partial charge in [-0.3, -0.25) is 43.2 Å². The summed E-state index contributed by atoms with van der Waals surface area (Å²) >= 11 is 0. The molecular weight excluding hydrogens is 811 g/mol. The summed E-state index contributed by atoms with van der Waals surface area (Å²) in [4.78, 5) is 113. The zero-order valence-corrected chi connectivity index (χ0v) is 37.5. The molecule has 0 fully saturated rings. The Hall–Kier alpha value is -4.89. The van der Waals surface area contributed by atoms with Gasteiger partial charge in [-0.25, -0.2) is 0 Å². The Morgan fingerprint density at radius 3 is 1.16 bits per heavy atom. The standard InChI is InChI=1S/C41H75N9O12/c1-22(2)29(43)18-37(56)50-32(25(7)51)21-39(58)47-28(11-13-41(61)62)17-36(55)49-31(24(5)6)20-38(57)46-27(10-12-40(59)60)16-34(53)45-26(9-8-14-42)15-35(54)48-30(23(3)4)19-33(44)52/h22-32,51H,8-21,42-43H2,1-7H3,(H2,44,52)(H,45,53)(H,46,57)(H,47,58)(H,48,54)(H,49,55)(H,50,56)(H,59,60)(H,61,62)/t25?,26-,27-,28-,29+,30+,31+,32+/m0/s1. The van der Waals surface area contributed by atoms with Crippen LogP contribution >= 0.6 is 0 Å². The van der Waals surface area contributed by atoms with Crippen molar-refractivity contribution in [2.24, 2.45) is 35.0 Å². The van der Waals surface area contributed by atoms with E-state index >= 15 is 0 Å². The van der Waals surface area contributed by atoms with Gasteiger partial charge < -0.3 is 64.4 Å². The molecule has 1 unspecified atom stereocenters. The van der Waals surface area contributed by atoms with Crippen molar-refractivity contribution in [1.82, 2.24) is 31.9 Å². The molecule has 0 rings (SSSR count). The minimum atomic E-state index is -1.17. The van der Waals surface area contributed by atoms with Gasteiger partial charge in [0.1, 0.15) is 0 Å². The Morgan fingerprint density at radius 2 is 0.806 bits per heavy atom. The molecule has 21 heteroatoms. The summed E-state index contributed by atoms with van der Waals surface area (Å²) in [5.41, 5.74) is 17.0. The van der Waals surface area contributed by atoms with Crippen LogP contribution in [0.3, 0.4) is 0 Å². The molecule has 62 heavy (non-hydrogen) atoms. The Morgan fingerprint density at radius 1 is 0.468 bits per heavy atom. The number of hydrogen-bond donors (Lipinski definition) is 12. The monoisotopic (exact) mass is 886 g/mol. The van der Waals surface area contributed by atoms with E-state index in [1.54, 1.807) is 13.8 Å². The molecule has 0 aromatic rings. The average molecular weight is 886 g/mol. The fourth-order valence-corrected chi connectivity index (χ4v) is 6.28. The van der Waals surface area contributed by atoms with Gasteiger partial charge in [0.2, 0.25) is 41.4 Å². The molecule has 0 spiro atoms. The lowest BCUT2D eigenvalue weighted by Gasteiger charge is -2.26. The van der Waals surface area contributed by atoms with Gasteiger partial charge in [0, 0.05) is 94.0 Å². The molecule has 0 bridgehead atoms. The predicted molar refractivity (Wildman–Crippen MR) is 229 cm³/mol. The number of primary amides is 1. The van der Waals surface area contributed by atoms with Crippen LogP contribution in [0.25, 0.3) is 0 Å². The number of amides is 7. The normalized spacial score (nSPS) is 15.2. The number of carboxylic acid groups (broad SMARTS) is 2. The van der Waals surface area contributed by atoms with Crippen LogP contribution in [0.4, 0.5) is 0 Å². The second kappa shape index (κ2) is 30.2. The number of carbonyl (C=O) groups is 9. The third-order valence-electron chi connectivity index (χ3n) is 10.3. The zero-order valence-electron chi connectivity index (χ0n) is 37.5. The van der Waals surface area contributed by atoms with Crippen molar-refractivity contribution >= 4 is 53.3 Å². The first-order chi connectivity index (χ1) is 28.8. The molecule has 0 aliphatic rings. The topological polar surface area (TPSA) is 365 Å². The molecule has 7 amide bonds. The molecule has 0 aliphatic heterocycles. The van der Waals surface area contributed by atoms with E-state index in [4.69, 9.17) is 17.2 Å². The first-order valence-electron chi connectivity index (χ1n) is 21.4. The second-order valence-electron chi connectivity index (χ2n) is 17.1. The summed E-state index contributed by atoms with van der Waals surface area (Å²) in [5, 5.41) is 45.2. The molecule has 0 radical (unpaired) electrons. The van der Waals surface area contributed by atoms with Gasteiger partial charge in [-0.2, -0.15) is 0 Å². The number of hydrogen-bond acceptors (Lipinski definition) is 12. The van der Waals surface area contributed by atoms with E-state index in [-0.39, 0.29) is 94.9 Å². The summed E-state index contributed by atoms with van der Waals surface area (Å²) in [6, 6.07) is -5.29. The molecular formula is C41H75N9O12. The van der Waals surface area contributed by atoms with Crippen LogP contribution in [0.1, 0.15) is 132 Å². The molecule has 0 saturated heterocycles. The molecule has 8 atom stereocenters. The number of rotatable bonds is 33. The van der Waals surface area contributed by atoms with E-state index in [9.17, 15) is 58.5 Å². The molecule has 21 nitrogen and oxygen atoms in total. The van der Waals surface area contributed by atoms with Gasteiger partial charge >= 0.3 is 11.9 Å². The van der Waals surface area contributed by atoms with Crippen LogP contribution in [0, 0.1) is 17.8 Å². The Labute approximate surface area is 364 Å². The van der Waals surface area contributed by atoms with Crippen LogP contribution in [-0.4, -0.2) is 124 Å². The van der Waals surface area contributed by atoms with Crippen molar-refractivity contribution < 1.29 is 58.5 Å². The first kappa shape index (κ1) is 57.1. The summed E-state index contributed by atoms with van der Waals surface area (Å²) in [6.45, 7) is 12.5. The summed E-state index contributed by atoms with van der Waals surface area (Å²) in [6.07, 6.45) is -2.90. The summed E-state index contributed by atoms with van der Waals surface area (Å²) < 4.78 is 0. The van der Waals surface area contributed by atoms with E-state index in [1.165, 1.54) is 6.92 Å². The fourth-order valence-electron chi connectivity index (χ4n) is 6.28. The number of nitrogens with one attached hydrogen (secondary N) is 6. The fraction of sp³-hybridized carbons (Fsp3) is 0.780. The molecule has 356 valence electrons. The van der Waals surface area contributed by atoms with Crippen molar-refractivity contribution in [2.45, 2.75) is 180 Å². The molecule has 0 aromatic heterocycles. The maximum atomic E-state index is 13.4. The van der Waals surface area contributed by atoms with E-state index in [0.717, 1.165) is 0 Å². The van der Waals surface area contributed by atoms with Crippen LogP contribution < -0.4 is 49.1 Å². The highest BCUT2D eigenvalue weighted by Crippen LogP contribution is 2.13.